The molecule has 0 bridgehead atoms. The predicted octanol–water partition coefficient (Wildman–Crippen LogP) is 4.57. The number of amides is 1. The van der Waals surface area contributed by atoms with Crippen molar-refractivity contribution in [3.8, 4) is 17.7 Å². The number of nitrogens with zero attached hydrogens (tertiary/aromatic N) is 3. The second kappa shape index (κ2) is 9.65. The van der Waals surface area contributed by atoms with Crippen molar-refractivity contribution in [1.82, 2.24) is 14.7 Å². The van der Waals surface area contributed by atoms with Crippen molar-refractivity contribution < 1.29 is 13.9 Å². The van der Waals surface area contributed by atoms with Crippen molar-refractivity contribution in [2.24, 2.45) is 0 Å². The summed E-state index contributed by atoms with van der Waals surface area (Å²) in [6.07, 6.45) is 4.22. The van der Waals surface area contributed by atoms with Gasteiger partial charge in [-0.05, 0) is 67.4 Å². The van der Waals surface area contributed by atoms with Crippen molar-refractivity contribution >= 4 is 29.2 Å². The third-order valence-corrected chi connectivity index (χ3v) is 5.47. The van der Waals surface area contributed by atoms with Crippen LogP contribution in [0.5, 0.6) is 11.6 Å². The van der Waals surface area contributed by atoms with Gasteiger partial charge in [-0.25, -0.2) is 0 Å². The molecular weight excluding hydrogens is 456 g/mol. The van der Waals surface area contributed by atoms with Gasteiger partial charge in [0.1, 0.15) is 34.4 Å². The highest BCUT2D eigenvalue weighted by atomic mass is 35.5. The number of benzene rings is 1. The number of nitriles is 1. The number of nitrogens with one attached hydrogen (secondary N) is 1. The summed E-state index contributed by atoms with van der Waals surface area (Å²) in [7, 11) is 0. The SMILES string of the molecule is Cc1cc(Oc2nc3c(C)cccn3c(=O)c2C=C(C#N)C(=O)NCc2ccco2)ccc1Cl. The standard InChI is InChI=1S/C25H19ClN4O4/c1-15-5-3-9-30-22(15)29-24(34-18-7-8-21(26)16(2)11-18)20(25(30)32)12-17(13-27)23(31)28-14-19-6-4-10-33-19/h3-12H,14H2,1-2H3,(H,28,31). The number of carbonyl (C=O) groups excluding carboxylic acids is 1. The minimum atomic E-state index is -0.666. The van der Waals surface area contributed by atoms with Crippen molar-refractivity contribution in [3.05, 3.63) is 98.3 Å². The Kier molecular flexibility index (Phi) is 6.48. The zero-order chi connectivity index (χ0) is 24.2. The van der Waals surface area contributed by atoms with Gasteiger partial charge in [0.05, 0.1) is 12.8 Å². The number of rotatable bonds is 6. The van der Waals surface area contributed by atoms with Gasteiger partial charge in [0, 0.05) is 11.2 Å². The first-order valence-electron chi connectivity index (χ1n) is 10.3. The van der Waals surface area contributed by atoms with Crippen LogP contribution in [-0.4, -0.2) is 15.3 Å². The first-order valence-corrected chi connectivity index (χ1v) is 10.6. The lowest BCUT2D eigenvalue weighted by atomic mass is 10.1. The zero-order valence-corrected chi connectivity index (χ0v) is 19.1. The van der Waals surface area contributed by atoms with Gasteiger partial charge in [-0.2, -0.15) is 10.2 Å². The number of furan rings is 1. The molecule has 0 atom stereocenters. The fourth-order valence-electron chi connectivity index (χ4n) is 3.25. The third-order valence-electron chi connectivity index (χ3n) is 5.05. The Morgan fingerprint density at radius 3 is 2.79 bits per heavy atom. The highest BCUT2D eigenvalue weighted by Gasteiger charge is 2.18. The fourth-order valence-corrected chi connectivity index (χ4v) is 3.37. The lowest BCUT2D eigenvalue weighted by molar-refractivity contribution is -0.117. The molecular formula is C25H19ClN4O4. The smallest absolute Gasteiger partial charge is 0.269 e. The molecule has 0 aliphatic rings. The summed E-state index contributed by atoms with van der Waals surface area (Å²) in [4.78, 5) is 30.5. The van der Waals surface area contributed by atoms with E-state index in [1.165, 1.54) is 16.7 Å². The Labute approximate surface area is 199 Å². The summed E-state index contributed by atoms with van der Waals surface area (Å²) in [6.45, 7) is 3.72. The first kappa shape index (κ1) is 22.8. The zero-order valence-electron chi connectivity index (χ0n) is 18.3. The molecule has 4 rings (SSSR count). The maximum atomic E-state index is 13.4. The maximum absolute atomic E-state index is 13.4. The molecule has 8 nitrogen and oxygen atoms in total. The average Bonchev–Trinajstić information content (AvgIpc) is 3.34. The first-order chi connectivity index (χ1) is 16.4. The van der Waals surface area contributed by atoms with E-state index in [-0.39, 0.29) is 23.6 Å². The van der Waals surface area contributed by atoms with Crippen LogP contribution in [0.1, 0.15) is 22.5 Å². The van der Waals surface area contributed by atoms with E-state index in [1.807, 2.05) is 26.0 Å². The van der Waals surface area contributed by atoms with E-state index in [1.54, 1.807) is 42.6 Å². The molecule has 0 saturated carbocycles. The van der Waals surface area contributed by atoms with E-state index >= 15 is 0 Å². The number of carbonyl (C=O) groups is 1. The molecule has 9 heteroatoms. The van der Waals surface area contributed by atoms with E-state index in [9.17, 15) is 14.9 Å². The fraction of sp³-hybridized carbons (Fsp3) is 0.120. The minimum absolute atomic E-state index is 0.0346. The molecule has 0 unspecified atom stereocenters. The summed E-state index contributed by atoms with van der Waals surface area (Å²) < 4.78 is 12.5. The van der Waals surface area contributed by atoms with Crippen LogP contribution in [0.2, 0.25) is 5.02 Å². The number of hydrogen-bond acceptors (Lipinski definition) is 6. The minimum Gasteiger partial charge on any atom is -0.467 e. The Hall–Kier alpha value is -4.35. The van der Waals surface area contributed by atoms with E-state index in [2.05, 4.69) is 10.3 Å². The van der Waals surface area contributed by atoms with Gasteiger partial charge in [0.2, 0.25) is 5.88 Å². The molecule has 1 aromatic carbocycles. The molecule has 0 spiro atoms. The van der Waals surface area contributed by atoms with E-state index in [0.29, 0.717) is 22.2 Å². The van der Waals surface area contributed by atoms with Crippen LogP contribution in [0, 0.1) is 25.2 Å². The summed E-state index contributed by atoms with van der Waals surface area (Å²) in [5.74, 6) is 0.228. The summed E-state index contributed by atoms with van der Waals surface area (Å²) in [5.41, 5.74) is 1.12. The van der Waals surface area contributed by atoms with Gasteiger partial charge < -0.3 is 14.5 Å². The second-order valence-corrected chi connectivity index (χ2v) is 7.87. The number of fused-ring (bicyclic) bond motifs is 1. The normalized spacial score (nSPS) is 11.3. The Bertz CT molecular complexity index is 1510. The number of aromatic nitrogens is 2. The van der Waals surface area contributed by atoms with Crippen LogP contribution < -0.4 is 15.6 Å². The predicted molar refractivity (Wildman–Crippen MR) is 127 cm³/mol. The van der Waals surface area contributed by atoms with Crippen molar-refractivity contribution in [1.29, 1.82) is 5.26 Å². The van der Waals surface area contributed by atoms with Gasteiger partial charge in [-0.1, -0.05) is 17.7 Å². The number of aryl methyl sites for hydroxylation is 2. The second-order valence-electron chi connectivity index (χ2n) is 7.47. The lowest BCUT2D eigenvalue weighted by Gasteiger charge is -2.12. The average molecular weight is 475 g/mol. The molecule has 0 saturated heterocycles. The van der Waals surface area contributed by atoms with Crippen LogP contribution in [0.4, 0.5) is 0 Å². The Morgan fingerprint density at radius 2 is 2.09 bits per heavy atom. The highest BCUT2D eigenvalue weighted by Crippen LogP contribution is 2.27. The molecule has 3 aromatic heterocycles. The number of hydrogen-bond donors (Lipinski definition) is 1. The number of halogens is 1. The summed E-state index contributed by atoms with van der Waals surface area (Å²) in [5, 5.41) is 12.8. The maximum Gasteiger partial charge on any atom is 0.269 e. The highest BCUT2D eigenvalue weighted by molar-refractivity contribution is 6.31. The van der Waals surface area contributed by atoms with E-state index in [4.69, 9.17) is 20.8 Å². The molecule has 1 amide bonds. The number of ether oxygens (including phenoxy) is 1. The number of pyridine rings is 1. The molecule has 170 valence electrons. The van der Waals surface area contributed by atoms with Gasteiger partial charge in [-0.15, -0.1) is 0 Å². The van der Waals surface area contributed by atoms with Crippen molar-refractivity contribution in [3.63, 3.8) is 0 Å². The van der Waals surface area contributed by atoms with Gasteiger partial charge >= 0.3 is 0 Å². The van der Waals surface area contributed by atoms with Crippen LogP contribution >= 0.6 is 11.6 Å². The molecule has 1 N–H and O–H groups in total. The molecule has 34 heavy (non-hydrogen) atoms. The lowest BCUT2D eigenvalue weighted by Crippen LogP contribution is -2.25. The topological polar surface area (TPSA) is 110 Å². The molecule has 0 aliphatic carbocycles. The van der Waals surface area contributed by atoms with E-state index < -0.39 is 11.5 Å². The van der Waals surface area contributed by atoms with Crippen molar-refractivity contribution in [2.75, 3.05) is 0 Å². The summed E-state index contributed by atoms with van der Waals surface area (Å²) in [6, 6.07) is 13.8. The van der Waals surface area contributed by atoms with Crippen LogP contribution in [0.15, 0.2) is 69.7 Å². The quantitative estimate of drug-likeness (QED) is 0.323. The van der Waals surface area contributed by atoms with Crippen LogP contribution in [0.3, 0.4) is 0 Å². The monoisotopic (exact) mass is 474 g/mol. The van der Waals surface area contributed by atoms with Crippen LogP contribution in [-0.2, 0) is 11.3 Å². The summed E-state index contributed by atoms with van der Waals surface area (Å²) >= 11 is 6.11. The van der Waals surface area contributed by atoms with Crippen LogP contribution in [0.25, 0.3) is 11.7 Å². The molecule has 0 fully saturated rings. The van der Waals surface area contributed by atoms with Gasteiger partial charge in [0.25, 0.3) is 11.5 Å². The molecule has 3 heterocycles. The van der Waals surface area contributed by atoms with E-state index in [0.717, 1.165) is 11.1 Å². The molecule has 4 aromatic rings. The largest absolute Gasteiger partial charge is 0.467 e. The third kappa shape index (κ3) is 4.70. The molecule has 0 radical (unpaired) electrons. The Balaban J connectivity index is 1.80. The van der Waals surface area contributed by atoms with Crippen molar-refractivity contribution in [2.45, 2.75) is 20.4 Å². The molecule has 0 aliphatic heterocycles. The Morgan fingerprint density at radius 1 is 1.26 bits per heavy atom. The van der Waals surface area contributed by atoms with Gasteiger partial charge in [0.15, 0.2) is 0 Å². The van der Waals surface area contributed by atoms with Gasteiger partial charge in [-0.3, -0.25) is 14.0 Å².